The molecule has 4 nitrogen and oxygen atoms in total. The Kier molecular flexibility index (Phi) is 6.39. The summed E-state index contributed by atoms with van der Waals surface area (Å²) < 4.78 is 4.87. The second-order valence-electron chi connectivity index (χ2n) is 4.50. The molecule has 0 radical (unpaired) electrons. The zero-order valence-corrected chi connectivity index (χ0v) is 9.98. The summed E-state index contributed by atoms with van der Waals surface area (Å²) in [5, 5.41) is 21.9. The fourth-order valence-electron chi connectivity index (χ4n) is 2.25. The Morgan fingerprint density at radius 1 is 1.44 bits per heavy atom. The highest BCUT2D eigenvalue weighted by Gasteiger charge is 2.23. The molecule has 2 N–H and O–H groups in total. The SMILES string of the molecule is COCC(O)CNC1CCCCCC1C#N. The van der Waals surface area contributed by atoms with E-state index in [9.17, 15) is 5.11 Å². The molecule has 3 atom stereocenters. The third-order valence-electron chi connectivity index (χ3n) is 3.16. The third-order valence-corrected chi connectivity index (χ3v) is 3.16. The standard InChI is InChI=1S/C12H22N2O2/c1-16-9-11(15)8-14-12-6-4-2-3-5-10(12)7-13/h10-12,14-15H,2-6,8-9H2,1H3. The molecule has 0 aromatic rings. The van der Waals surface area contributed by atoms with Crippen LogP contribution < -0.4 is 5.32 Å². The van der Waals surface area contributed by atoms with E-state index in [1.54, 1.807) is 7.11 Å². The third kappa shape index (κ3) is 4.48. The first kappa shape index (κ1) is 13.4. The summed E-state index contributed by atoms with van der Waals surface area (Å²) in [5.41, 5.74) is 0. The number of hydrogen-bond donors (Lipinski definition) is 2. The Morgan fingerprint density at radius 2 is 2.19 bits per heavy atom. The maximum atomic E-state index is 9.54. The summed E-state index contributed by atoms with van der Waals surface area (Å²) >= 11 is 0. The van der Waals surface area contributed by atoms with Crippen LogP contribution in [0.5, 0.6) is 0 Å². The Labute approximate surface area is 97.6 Å². The van der Waals surface area contributed by atoms with Crippen molar-refractivity contribution in [2.75, 3.05) is 20.3 Å². The highest BCUT2D eigenvalue weighted by atomic mass is 16.5. The summed E-state index contributed by atoms with van der Waals surface area (Å²) in [7, 11) is 1.58. The molecular weight excluding hydrogens is 204 g/mol. The zero-order chi connectivity index (χ0) is 11.8. The quantitative estimate of drug-likeness (QED) is 0.688. The fourth-order valence-corrected chi connectivity index (χ4v) is 2.25. The van der Waals surface area contributed by atoms with Gasteiger partial charge in [-0.1, -0.05) is 19.3 Å². The van der Waals surface area contributed by atoms with Crippen molar-refractivity contribution in [3.05, 3.63) is 0 Å². The smallest absolute Gasteiger partial charge is 0.0897 e. The number of nitrogens with zero attached hydrogens (tertiary/aromatic N) is 1. The predicted molar refractivity (Wildman–Crippen MR) is 61.9 cm³/mol. The molecule has 1 aliphatic rings. The maximum Gasteiger partial charge on any atom is 0.0897 e. The highest BCUT2D eigenvalue weighted by molar-refractivity contribution is 4.93. The lowest BCUT2D eigenvalue weighted by Crippen LogP contribution is -2.40. The Balaban J connectivity index is 2.34. The molecule has 0 spiro atoms. The van der Waals surface area contributed by atoms with Gasteiger partial charge in [-0.3, -0.25) is 0 Å². The van der Waals surface area contributed by atoms with Crippen molar-refractivity contribution in [3.8, 4) is 6.07 Å². The number of nitrogens with one attached hydrogen (secondary N) is 1. The van der Waals surface area contributed by atoms with Crippen molar-refractivity contribution in [3.63, 3.8) is 0 Å². The van der Waals surface area contributed by atoms with Crippen LogP contribution in [0.3, 0.4) is 0 Å². The van der Waals surface area contributed by atoms with Crippen LogP contribution in [0.4, 0.5) is 0 Å². The summed E-state index contributed by atoms with van der Waals surface area (Å²) in [5.74, 6) is 0.0947. The first-order chi connectivity index (χ1) is 7.77. The molecule has 0 amide bonds. The summed E-state index contributed by atoms with van der Waals surface area (Å²) in [6.45, 7) is 0.855. The van der Waals surface area contributed by atoms with Crippen molar-refractivity contribution in [2.24, 2.45) is 5.92 Å². The molecule has 0 aliphatic heterocycles. The Bertz CT molecular complexity index is 228. The van der Waals surface area contributed by atoms with Gasteiger partial charge in [0.15, 0.2) is 0 Å². The van der Waals surface area contributed by atoms with Gasteiger partial charge in [0.1, 0.15) is 0 Å². The largest absolute Gasteiger partial charge is 0.389 e. The predicted octanol–water partition coefficient (Wildman–Crippen LogP) is 1.06. The topological polar surface area (TPSA) is 65.3 Å². The number of aliphatic hydroxyl groups excluding tert-OH is 1. The monoisotopic (exact) mass is 226 g/mol. The van der Waals surface area contributed by atoms with Gasteiger partial charge in [0.2, 0.25) is 0 Å². The Morgan fingerprint density at radius 3 is 2.88 bits per heavy atom. The van der Waals surface area contributed by atoms with Crippen LogP contribution in [0.2, 0.25) is 0 Å². The first-order valence-electron chi connectivity index (χ1n) is 6.08. The fraction of sp³-hybridized carbons (Fsp3) is 0.917. The maximum absolute atomic E-state index is 9.54. The second-order valence-corrected chi connectivity index (χ2v) is 4.50. The van der Waals surface area contributed by atoms with Crippen LogP contribution in [0, 0.1) is 17.2 Å². The van der Waals surface area contributed by atoms with Gasteiger partial charge in [0, 0.05) is 19.7 Å². The van der Waals surface area contributed by atoms with Gasteiger partial charge in [-0.05, 0) is 12.8 Å². The molecule has 92 valence electrons. The van der Waals surface area contributed by atoms with E-state index >= 15 is 0 Å². The van der Waals surface area contributed by atoms with E-state index in [1.807, 2.05) is 0 Å². The first-order valence-corrected chi connectivity index (χ1v) is 6.08. The van der Waals surface area contributed by atoms with Gasteiger partial charge in [-0.2, -0.15) is 5.26 Å². The van der Waals surface area contributed by atoms with E-state index in [0.29, 0.717) is 13.2 Å². The minimum atomic E-state index is -0.479. The minimum absolute atomic E-state index is 0.0947. The number of rotatable bonds is 5. The van der Waals surface area contributed by atoms with Crippen LogP contribution in [0.1, 0.15) is 32.1 Å². The highest BCUT2D eigenvalue weighted by Crippen LogP contribution is 2.22. The van der Waals surface area contributed by atoms with Crippen molar-refractivity contribution >= 4 is 0 Å². The van der Waals surface area contributed by atoms with Gasteiger partial charge in [0.05, 0.1) is 24.7 Å². The number of methoxy groups -OCH3 is 1. The number of aliphatic hydroxyl groups is 1. The lowest BCUT2D eigenvalue weighted by molar-refractivity contribution is 0.0615. The van der Waals surface area contributed by atoms with Crippen molar-refractivity contribution in [1.29, 1.82) is 5.26 Å². The number of nitriles is 1. The van der Waals surface area contributed by atoms with E-state index in [2.05, 4.69) is 11.4 Å². The van der Waals surface area contributed by atoms with E-state index in [4.69, 9.17) is 10.00 Å². The van der Waals surface area contributed by atoms with Crippen molar-refractivity contribution in [2.45, 2.75) is 44.2 Å². The van der Waals surface area contributed by atoms with Crippen LogP contribution in [0.25, 0.3) is 0 Å². The van der Waals surface area contributed by atoms with Crippen LogP contribution in [-0.4, -0.2) is 37.5 Å². The molecule has 1 rings (SSSR count). The summed E-state index contributed by atoms with van der Waals surface area (Å²) in [6.07, 6.45) is 5.09. The normalized spacial score (nSPS) is 28.1. The molecule has 16 heavy (non-hydrogen) atoms. The molecule has 1 aliphatic carbocycles. The van der Waals surface area contributed by atoms with Crippen LogP contribution in [0.15, 0.2) is 0 Å². The van der Waals surface area contributed by atoms with E-state index < -0.39 is 6.10 Å². The van der Waals surface area contributed by atoms with E-state index in [-0.39, 0.29) is 12.0 Å². The van der Waals surface area contributed by atoms with Gasteiger partial charge < -0.3 is 15.2 Å². The second kappa shape index (κ2) is 7.61. The van der Waals surface area contributed by atoms with Crippen LogP contribution >= 0.6 is 0 Å². The molecule has 4 heteroatoms. The summed E-state index contributed by atoms with van der Waals surface area (Å²) in [4.78, 5) is 0. The molecule has 0 saturated heterocycles. The van der Waals surface area contributed by atoms with Crippen molar-refractivity contribution < 1.29 is 9.84 Å². The van der Waals surface area contributed by atoms with E-state index in [1.165, 1.54) is 12.8 Å². The molecule has 0 heterocycles. The lowest BCUT2D eigenvalue weighted by Gasteiger charge is -2.22. The molecule has 3 unspecified atom stereocenters. The van der Waals surface area contributed by atoms with Gasteiger partial charge in [-0.15, -0.1) is 0 Å². The van der Waals surface area contributed by atoms with Crippen LogP contribution in [-0.2, 0) is 4.74 Å². The molecule has 0 bridgehead atoms. The zero-order valence-electron chi connectivity index (χ0n) is 9.98. The Hall–Kier alpha value is -0.630. The average molecular weight is 226 g/mol. The van der Waals surface area contributed by atoms with Gasteiger partial charge in [0.25, 0.3) is 0 Å². The van der Waals surface area contributed by atoms with Gasteiger partial charge >= 0.3 is 0 Å². The van der Waals surface area contributed by atoms with Gasteiger partial charge in [-0.25, -0.2) is 0 Å². The minimum Gasteiger partial charge on any atom is -0.389 e. The molecule has 1 fully saturated rings. The number of ether oxygens (including phenoxy) is 1. The summed E-state index contributed by atoms with van der Waals surface area (Å²) in [6, 6.07) is 2.61. The molecule has 0 aromatic heterocycles. The molecule has 1 saturated carbocycles. The average Bonchev–Trinajstić information content (AvgIpc) is 2.51. The molecular formula is C12H22N2O2. The molecule has 0 aromatic carbocycles. The van der Waals surface area contributed by atoms with E-state index in [0.717, 1.165) is 19.3 Å². The number of hydrogen-bond acceptors (Lipinski definition) is 4. The van der Waals surface area contributed by atoms with Crippen molar-refractivity contribution in [1.82, 2.24) is 5.32 Å². The lowest BCUT2D eigenvalue weighted by atomic mass is 9.96.